The molecule has 5 nitrogen and oxygen atoms in total. The summed E-state index contributed by atoms with van der Waals surface area (Å²) in [5, 5.41) is 8.22. The van der Waals surface area contributed by atoms with Crippen molar-refractivity contribution < 1.29 is 9.53 Å². The number of urea groups is 1. The third-order valence-corrected chi connectivity index (χ3v) is 6.20. The number of amides is 2. The highest BCUT2D eigenvalue weighted by molar-refractivity contribution is 7.10. The Labute approximate surface area is 158 Å². The van der Waals surface area contributed by atoms with Crippen LogP contribution in [0.3, 0.4) is 0 Å². The lowest BCUT2D eigenvalue weighted by atomic mass is 10.1. The van der Waals surface area contributed by atoms with Crippen LogP contribution < -0.4 is 15.5 Å². The Bertz CT molecular complexity index is 770. The lowest BCUT2D eigenvalue weighted by Gasteiger charge is -2.31. The molecule has 1 aromatic carbocycles. The minimum absolute atomic E-state index is 0.00742. The van der Waals surface area contributed by atoms with Crippen molar-refractivity contribution in [1.82, 2.24) is 5.32 Å². The number of hydrogen-bond donors (Lipinski definition) is 2. The molecule has 0 spiro atoms. The molecule has 1 saturated heterocycles. The molecule has 0 saturated carbocycles. The highest BCUT2D eigenvalue weighted by Crippen LogP contribution is 2.32. The molecule has 0 radical (unpaired) electrons. The lowest BCUT2D eigenvalue weighted by molar-refractivity contribution is 0.0868. The van der Waals surface area contributed by atoms with E-state index >= 15 is 0 Å². The summed E-state index contributed by atoms with van der Waals surface area (Å²) >= 11 is 1.84. The average molecular weight is 372 g/mol. The van der Waals surface area contributed by atoms with Gasteiger partial charge in [0.25, 0.3) is 0 Å². The van der Waals surface area contributed by atoms with Crippen LogP contribution in [0.5, 0.6) is 0 Å². The largest absolute Gasteiger partial charge is 0.376 e. The van der Waals surface area contributed by atoms with Crippen molar-refractivity contribution in [2.75, 3.05) is 23.4 Å². The van der Waals surface area contributed by atoms with E-state index in [1.165, 1.54) is 10.4 Å². The van der Waals surface area contributed by atoms with E-state index in [1.807, 2.05) is 36.5 Å². The molecule has 4 rings (SSSR count). The topological polar surface area (TPSA) is 53.6 Å². The summed E-state index contributed by atoms with van der Waals surface area (Å²) in [5.74, 6) is 0. The first-order chi connectivity index (χ1) is 12.7. The summed E-state index contributed by atoms with van der Waals surface area (Å²) in [6, 6.07) is 10.1. The summed E-state index contributed by atoms with van der Waals surface area (Å²) in [5.41, 5.74) is 3.32. The number of hydrogen-bond acceptors (Lipinski definition) is 4. The number of fused-ring (bicyclic) bond motifs is 1. The normalized spacial score (nSPS) is 20.5. The molecule has 2 amide bonds. The number of carbonyl (C=O) groups is 1. The second kappa shape index (κ2) is 7.68. The third-order valence-electron chi connectivity index (χ3n) is 5.18. The number of rotatable bonds is 4. The van der Waals surface area contributed by atoms with E-state index in [1.54, 1.807) is 0 Å². The predicted octanol–water partition coefficient (Wildman–Crippen LogP) is 4.00. The molecule has 0 aliphatic carbocycles. The molecule has 2 atom stereocenters. The molecule has 2 unspecified atom stereocenters. The minimum atomic E-state index is -0.173. The lowest BCUT2D eigenvalue weighted by Crippen LogP contribution is -2.43. The van der Waals surface area contributed by atoms with E-state index in [-0.39, 0.29) is 18.2 Å². The molecular formula is C20H25N3O2S. The maximum atomic E-state index is 12.5. The molecule has 138 valence electrons. The van der Waals surface area contributed by atoms with Gasteiger partial charge in [0.2, 0.25) is 0 Å². The van der Waals surface area contributed by atoms with Crippen molar-refractivity contribution in [2.24, 2.45) is 0 Å². The van der Waals surface area contributed by atoms with Crippen molar-refractivity contribution in [2.45, 2.75) is 44.9 Å². The van der Waals surface area contributed by atoms with Gasteiger partial charge in [-0.2, -0.15) is 0 Å². The number of anilines is 2. The van der Waals surface area contributed by atoms with Gasteiger partial charge in [0.1, 0.15) is 0 Å². The molecule has 2 aliphatic rings. The summed E-state index contributed by atoms with van der Waals surface area (Å²) in [6.07, 6.45) is 3.26. The molecule has 3 heterocycles. The first-order valence-corrected chi connectivity index (χ1v) is 10.2. The number of nitrogens with one attached hydrogen (secondary N) is 2. The van der Waals surface area contributed by atoms with Gasteiger partial charge in [-0.3, -0.25) is 0 Å². The molecule has 0 bridgehead atoms. The van der Waals surface area contributed by atoms with Crippen LogP contribution in [0.1, 0.15) is 30.2 Å². The number of nitrogens with zero attached hydrogens (tertiary/aromatic N) is 1. The summed E-state index contributed by atoms with van der Waals surface area (Å²) in [6.45, 7) is 4.66. The van der Waals surface area contributed by atoms with Gasteiger partial charge in [-0.25, -0.2) is 4.79 Å². The van der Waals surface area contributed by atoms with Crippen LogP contribution in [0.15, 0.2) is 35.7 Å². The summed E-state index contributed by atoms with van der Waals surface area (Å²) in [7, 11) is 0. The molecule has 2 aliphatic heterocycles. The van der Waals surface area contributed by atoms with Gasteiger partial charge in [0.05, 0.1) is 23.5 Å². The van der Waals surface area contributed by atoms with Crippen LogP contribution in [-0.2, 0) is 17.7 Å². The van der Waals surface area contributed by atoms with Gasteiger partial charge in [-0.1, -0.05) is 12.1 Å². The zero-order chi connectivity index (χ0) is 17.9. The molecule has 1 aromatic heterocycles. The first kappa shape index (κ1) is 17.4. The Kier molecular flexibility index (Phi) is 5.13. The fourth-order valence-corrected chi connectivity index (χ4v) is 4.65. The summed E-state index contributed by atoms with van der Waals surface area (Å²) in [4.78, 5) is 16.3. The molecule has 2 aromatic rings. The Hall–Kier alpha value is -2.05. The zero-order valence-corrected chi connectivity index (χ0v) is 15.8. The van der Waals surface area contributed by atoms with Crippen LogP contribution in [0.2, 0.25) is 0 Å². The van der Waals surface area contributed by atoms with Crippen LogP contribution in [-0.4, -0.2) is 31.3 Å². The molecular weight excluding hydrogens is 346 g/mol. The van der Waals surface area contributed by atoms with Gasteiger partial charge < -0.3 is 20.3 Å². The number of benzene rings is 1. The fourth-order valence-electron chi connectivity index (χ4n) is 3.76. The Morgan fingerprint density at radius 1 is 1.35 bits per heavy atom. The van der Waals surface area contributed by atoms with Gasteiger partial charge in [-0.05, 0) is 55.3 Å². The van der Waals surface area contributed by atoms with Gasteiger partial charge in [-0.15, -0.1) is 11.3 Å². The molecule has 6 heteroatoms. The first-order valence-electron chi connectivity index (χ1n) is 9.29. The van der Waals surface area contributed by atoms with Crippen molar-refractivity contribution in [3.8, 4) is 0 Å². The molecule has 26 heavy (non-hydrogen) atoms. The van der Waals surface area contributed by atoms with Crippen molar-refractivity contribution in [3.63, 3.8) is 0 Å². The van der Waals surface area contributed by atoms with Crippen molar-refractivity contribution in [1.29, 1.82) is 0 Å². The van der Waals surface area contributed by atoms with Crippen LogP contribution in [0.25, 0.3) is 0 Å². The van der Waals surface area contributed by atoms with E-state index in [2.05, 4.69) is 33.0 Å². The smallest absolute Gasteiger partial charge is 0.319 e. The minimum Gasteiger partial charge on any atom is -0.376 e. The highest BCUT2D eigenvalue weighted by atomic mass is 32.1. The van der Waals surface area contributed by atoms with E-state index in [4.69, 9.17) is 4.74 Å². The van der Waals surface area contributed by atoms with Crippen LogP contribution in [0, 0.1) is 0 Å². The number of para-hydroxylation sites is 2. The van der Waals surface area contributed by atoms with E-state index in [9.17, 15) is 4.79 Å². The van der Waals surface area contributed by atoms with Crippen molar-refractivity contribution >= 4 is 28.7 Å². The van der Waals surface area contributed by atoms with E-state index in [0.29, 0.717) is 0 Å². The summed E-state index contributed by atoms with van der Waals surface area (Å²) < 4.78 is 5.66. The SMILES string of the molecule is CC(NC(=O)Nc1ccccc1N1CCc2sccc2C1)C1CCCO1. The van der Waals surface area contributed by atoms with Crippen molar-refractivity contribution in [3.05, 3.63) is 46.2 Å². The Balaban J connectivity index is 1.43. The molecule has 2 N–H and O–H groups in total. The number of ether oxygens (including phenoxy) is 1. The van der Waals surface area contributed by atoms with E-state index < -0.39 is 0 Å². The second-order valence-corrected chi connectivity index (χ2v) is 8.00. The van der Waals surface area contributed by atoms with E-state index in [0.717, 1.165) is 50.3 Å². The maximum absolute atomic E-state index is 12.5. The second-order valence-electron chi connectivity index (χ2n) is 7.00. The standard InChI is InChI=1S/C20H25N3O2S/c1-14(18-7-4-11-25-18)21-20(24)22-16-5-2-3-6-17(16)23-10-8-19-15(13-23)9-12-26-19/h2-3,5-6,9,12,14,18H,4,7-8,10-11,13H2,1H3,(H2,21,22,24). The average Bonchev–Trinajstić information content (AvgIpc) is 3.33. The van der Waals surface area contributed by atoms with Crippen LogP contribution in [0.4, 0.5) is 16.2 Å². The fraction of sp³-hybridized carbons (Fsp3) is 0.450. The monoisotopic (exact) mass is 371 g/mol. The van der Waals surface area contributed by atoms with Gasteiger partial charge >= 0.3 is 6.03 Å². The number of carbonyl (C=O) groups excluding carboxylic acids is 1. The zero-order valence-electron chi connectivity index (χ0n) is 15.0. The number of thiophene rings is 1. The van der Waals surface area contributed by atoms with Gasteiger partial charge in [0, 0.05) is 24.6 Å². The predicted molar refractivity (Wildman–Crippen MR) is 106 cm³/mol. The maximum Gasteiger partial charge on any atom is 0.319 e. The highest BCUT2D eigenvalue weighted by Gasteiger charge is 2.24. The Morgan fingerprint density at radius 2 is 2.23 bits per heavy atom. The third kappa shape index (κ3) is 3.71. The van der Waals surface area contributed by atoms with Gasteiger partial charge in [0.15, 0.2) is 0 Å². The van der Waals surface area contributed by atoms with Crippen LogP contribution >= 0.6 is 11.3 Å². The Morgan fingerprint density at radius 3 is 3.08 bits per heavy atom. The quantitative estimate of drug-likeness (QED) is 0.854. The molecule has 1 fully saturated rings.